The fourth-order valence-electron chi connectivity index (χ4n) is 2.15. The molecule has 4 heteroatoms. The van der Waals surface area contributed by atoms with Gasteiger partial charge in [0.15, 0.2) is 0 Å². The predicted molar refractivity (Wildman–Crippen MR) is 87.1 cm³/mol. The first-order valence-corrected chi connectivity index (χ1v) is 7.39. The van der Waals surface area contributed by atoms with E-state index in [0.717, 1.165) is 20.9 Å². The molecule has 21 heavy (non-hydrogen) atoms. The van der Waals surface area contributed by atoms with E-state index in [-0.39, 0.29) is 5.91 Å². The third kappa shape index (κ3) is 3.28. The van der Waals surface area contributed by atoms with Gasteiger partial charge >= 0.3 is 0 Å². The van der Waals surface area contributed by atoms with E-state index in [1.54, 1.807) is 12.3 Å². The van der Waals surface area contributed by atoms with E-state index in [1.807, 2.05) is 48.5 Å². The zero-order chi connectivity index (χ0) is 14.7. The van der Waals surface area contributed by atoms with E-state index >= 15 is 0 Å². The third-order valence-electron chi connectivity index (χ3n) is 3.21. The molecule has 104 valence electrons. The number of fused-ring (bicyclic) bond motifs is 1. The lowest BCUT2D eigenvalue weighted by Crippen LogP contribution is -2.22. The lowest BCUT2D eigenvalue weighted by molar-refractivity contribution is 0.0951. The standard InChI is InChI=1S/C17H13BrN2O/c18-15-5-1-3-12(9-15)11-20-17(21)14-6-7-16-13(10-14)4-2-8-19-16/h1-10H,11H2,(H,20,21). The summed E-state index contributed by atoms with van der Waals surface area (Å²) in [6.45, 7) is 0.503. The number of benzene rings is 2. The zero-order valence-corrected chi connectivity index (χ0v) is 12.8. The van der Waals surface area contributed by atoms with Gasteiger partial charge in [0.25, 0.3) is 5.91 Å². The molecule has 1 aromatic heterocycles. The van der Waals surface area contributed by atoms with E-state index in [0.29, 0.717) is 12.1 Å². The molecule has 0 bridgehead atoms. The second-order valence-corrected chi connectivity index (χ2v) is 5.64. The first-order valence-electron chi connectivity index (χ1n) is 6.60. The molecule has 0 aliphatic rings. The van der Waals surface area contributed by atoms with Crippen LogP contribution in [0, 0.1) is 0 Å². The van der Waals surface area contributed by atoms with Crippen molar-refractivity contribution in [3.8, 4) is 0 Å². The van der Waals surface area contributed by atoms with Gasteiger partial charge in [0.05, 0.1) is 5.52 Å². The molecule has 0 spiro atoms. The molecular formula is C17H13BrN2O. The summed E-state index contributed by atoms with van der Waals surface area (Å²) < 4.78 is 1.01. The number of pyridine rings is 1. The smallest absolute Gasteiger partial charge is 0.251 e. The summed E-state index contributed by atoms with van der Waals surface area (Å²) in [6, 6.07) is 17.2. The van der Waals surface area contributed by atoms with Crippen molar-refractivity contribution in [2.75, 3.05) is 0 Å². The molecule has 0 fully saturated rings. The predicted octanol–water partition coefficient (Wildman–Crippen LogP) is 3.93. The molecule has 1 amide bonds. The number of carbonyl (C=O) groups is 1. The zero-order valence-electron chi connectivity index (χ0n) is 11.2. The van der Waals surface area contributed by atoms with Crippen molar-refractivity contribution in [3.05, 3.63) is 76.4 Å². The quantitative estimate of drug-likeness (QED) is 0.784. The maximum absolute atomic E-state index is 12.2. The molecule has 3 nitrogen and oxygen atoms in total. The van der Waals surface area contributed by atoms with Crippen molar-refractivity contribution in [2.24, 2.45) is 0 Å². The van der Waals surface area contributed by atoms with E-state index in [9.17, 15) is 4.79 Å². The summed E-state index contributed by atoms with van der Waals surface area (Å²) in [4.78, 5) is 16.5. The van der Waals surface area contributed by atoms with Crippen molar-refractivity contribution in [2.45, 2.75) is 6.54 Å². The van der Waals surface area contributed by atoms with Gasteiger partial charge in [-0.15, -0.1) is 0 Å². The number of aromatic nitrogens is 1. The average molecular weight is 341 g/mol. The average Bonchev–Trinajstić information content (AvgIpc) is 2.52. The van der Waals surface area contributed by atoms with Crippen molar-refractivity contribution >= 4 is 32.7 Å². The Hall–Kier alpha value is -2.20. The summed E-state index contributed by atoms with van der Waals surface area (Å²) in [7, 11) is 0. The van der Waals surface area contributed by atoms with Crippen LogP contribution in [0.2, 0.25) is 0 Å². The lowest BCUT2D eigenvalue weighted by atomic mass is 10.1. The molecule has 0 radical (unpaired) electrons. The minimum absolute atomic E-state index is 0.0827. The van der Waals surface area contributed by atoms with Gasteiger partial charge in [0.2, 0.25) is 0 Å². The Kier molecular flexibility index (Phi) is 3.97. The summed E-state index contributed by atoms with van der Waals surface area (Å²) in [5.74, 6) is -0.0827. The molecule has 1 heterocycles. The highest BCUT2D eigenvalue weighted by molar-refractivity contribution is 9.10. The van der Waals surface area contributed by atoms with E-state index < -0.39 is 0 Å². The fraction of sp³-hybridized carbons (Fsp3) is 0.0588. The van der Waals surface area contributed by atoms with Gasteiger partial charge in [-0.25, -0.2) is 0 Å². The van der Waals surface area contributed by atoms with Crippen molar-refractivity contribution in [1.29, 1.82) is 0 Å². The monoisotopic (exact) mass is 340 g/mol. The molecule has 3 aromatic rings. The summed E-state index contributed by atoms with van der Waals surface area (Å²) in [6.07, 6.45) is 1.75. The van der Waals surface area contributed by atoms with Crippen LogP contribution in [0.25, 0.3) is 10.9 Å². The Labute approximate surface area is 131 Å². The number of carbonyl (C=O) groups excluding carboxylic acids is 1. The Bertz CT molecular complexity index is 801. The number of halogens is 1. The second-order valence-electron chi connectivity index (χ2n) is 4.72. The summed E-state index contributed by atoms with van der Waals surface area (Å²) >= 11 is 3.42. The highest BCUT2D eigenvalue weighted by atomic mass is 79.9. The lowest BCUT2D eigenvalue weighted by Gasteiger charge is -2.06. The van der Waals surface area contributed by atoms with Gasteiger partial charge in [-0.3, -0.25) is 9.78 Å². The molecule has 0 saturated heterocycles. The van der Waals surface area contributed by atoms with Crippen LogP contribution < -0.4 is 5.32 Å². The SMILES string of the molecule is O=C(NCc1cccc(Br)c1)c1ccc2ncccc2c1. The fourth-order valence-corrected chi connectivity index (χ4v) is 2.59. The van der Waals surface area contributed by atoms with Crippen LogP contribution in [0.15, 0.2) is 65.3 Å². The molecule has 0 aliphatic carbocycles. The summed E-state index contributed by atoms with van der Waals surface area (Å²) in [5, 5.41) is 3.89. The van der Waals surface area contributed by atoms with Gasteiger partial charge in [-0.1, -0.05) is 34.1 Å². The molecular weight excluding hydrogens is 328 g/mol. The van der Waals surface area contributed by atoms with Crippen molar-refractivity contribution in [3.63, 3.8) is 0 Å². The number of nitrogens with zero attached hydrogens (tertiary/aromatic N) is 1. The van der Waals surface area contributed by atoms with Gasteiger partial charge < -0.3 is 5.32 Å². The molecule has 0 unspecified atom stereocenters. The van der Waals surface area contributed by atoms with Gasteiger partial charge in [0.1, 0.15) is 0 Å². The van der Waals surface area contributed by atoms with E-state index in [4.69, 9.17) is 0 Å². The molecule has 3 rings (SSSR count). The van der Waals surface area contributed by atoms with Crippen molar-refractivity contribution in [1.82, 2.24) is 10.3 Å². The maximum Gasteiger partial charge on any atom is 0.251 e. The van der Waals surface area contributed by atoms with Crippen LogP contribution in [-0.2, 0) is 6.54 Å². The number of hydrogen-bond acceptors (Lipinski definition) is 2. The Morgan fingerprint density at radius 2 is 2.00 bits per heavy atom. The molecule has 2 aromatic carbocycles. The Morgan fingerprint density at radius 1 is 1.10 bits per heavy atom. The first kappa shape index (κ1) is 13.8. The second kappa shape index (κ2) is 6.06. The third-order valence-corrected chi connectivity index (χ3v) is 3.70. The minimum atomic E-state index is -0.0827. The molecule has 0 saturated carbocycles. The topological polar surface area (TPSA) is 42.0 Å². The van der Waals surface area contributed by atoms with Gasteiger partial charge in [-0.2, -0.15) is 0 Å². The van der Waals surface area contributed by atoms with Crippen LogP contribution >= 0.6 is 15.9 Å². The molecule has 0 aliphatic heterocycles. The van der Waals surface area contributed by atoms with Gasteiger partial charge in [-0.05, 0) is 42.0 Å². The number of nitrogens with one attached hydrogen (secondary N) is 1. The first-order chi connectivity index (χ1) is 10.2. The van der Waals surface area contributed by atoms with Crippen molar-refractivity contribution < 1.29 is 4.79 Å². The van der Waals surface area contributed by atoms with Crippen LogP contribution in [-0.4, -0.2) is 10.9 Å². The maximum atomic E-state index is 12.2. The van der Waals surface area contributed by atoms with E-state index in [1.165, 1.54) is 0 Å². The highest BCUT2D eigenvalue weighted by Crippen LogP contribution is 2.14. The number of amides is 1. The highest BCUT2D eigenvalue weighted by Gasteiger charge is 2.06. The number of hydrogen-bond donors (Lipinski definition) is 1. The van der Waals surface area contributed by atoms with Crippen LogP contribution in [0.1, 0.15) is 15.9 Å². The van der Waals surface area contributed by atoms with E-state index in [2.05, 4.69) is 26.2 Å². The molecule has 0 atom stereocenters. The van der Waals surface area contributed by atoms with Crippen LogP contribution in [0.5, 0.6) is 0 Å². The molecule has 1 N–H and O–H groups in total. The normalized spacial score (nSPS) is 10.5. The Morgan fingerprint density at radius 3 is 2.86 bits per heavy atom. The number of rotatable bonds is 3. The van der Waals surface area contributed by atoms with Gasteiger partial charge in [0, 0.05) is 28.2 Å². The van der Waals surface area contributed by atoms with Crippen LogP contribution in [0.3, 0.4) is 0 Å². The largest absolute Gasteiger partial charge is 0.348 e. The Balaban J connectivity index is 1.74. The minimum Gasteiger partial charge on any atom is -0.348 e. The summed E-state index contributed by atoms with van der Waals surface area (Å²) in [5.41, 5.74) is 2.59. The van der Waals surface area contributed by atoms with Crippen LogP contribution in [0.4, 0.5) is 0 Å².